The third kappa shape index (κ3) is 3.21. The third-order valence-electron chi connectivity index (χ3n) is 2.41. The zero-order valence-electron chi connectivity index (χ0n) is 9.18. The van der Waals surface area contributed by atoms with Crippen molar-refractivity contribution in [2.45, 2.75) is 6.54 Å². The highest BCUT2D eigenvalue weighted by Gasteiger charge is 2.05. The molecular formula is C13H9BrClF2N. The van der Waals surface area contributed by atoms with E-state index in [4.69, 9.17) is 11.6 Å². The van der Waals surface area contributed by atoms with Gasteiger partial charge in [0.2, 0.25) is 0 Å². The van der Waals surface area contributed by atoms with E-state index >= 15 is 0 Å². The monoisotopic (exact) mass is 331 g/mol. The summed E-state index contributed by atoms with van der Waals surface area (Å²) >= 11 is 9.03. The molecule has 0 fully saturated rings. The fourth-order valence-corrected chi connectivity index (χ4v) is 2.19. The van der Waals surface area contributed by atoms with E-state index in [0.29, 0.717) is 20.7 Å². The van der Waals surface area contributed by atoms with Crippen LogP contribution in [-0.2, 0) is 6.54 Å². The lowest BCUT2D eigenvalue weighted by Crippen LogP contribution is -2.02. The van der Waals surface area contributed by atoms with Crippen molar-refractivity contribution in [3.8, 4) is 0 Å². The first-order chi connectivity index (χ1) is 8.56. The molecule has 2 rings (SSSR count). The van der Waals surface area contributed by atoms with Gasteiger partial charge >= 0.3 is 0 Å². The second-order valence-corrected chi connectivity index (χ2v) is 5.00. The summed E-state index contributed by atoms with van der Waals surface area (Å²) in [6.07, 6.45) is 0. The summed E-state index contributed by atoms with van der Waals surface area (Å²) in [7, 11) is 0. The van der Waals surface area contributed by atoms with Crippen molar-refractivity contribution in [1.29, 1.82) is 0 Å². The van der Waals surface area contributed by atoms with E-state index in [1.54, 1.807) is 12.1 Å². The number of rotatable bonds is 3. The average molecular weight is 333 g/mol. The van der Waals surface area contributed by atoms with Crippen LogP contribution in [0.4, 0.5) is 14.5 Å². The summed E-state index contributed by atoms with van der Waals surface area (Å²) in [6.45, 7) is 0.274. The SMILES string of the molecule is Fc1ccc(NCc2cc(Cl)ccc2F)c(Br)c1. The molecule has 0 heterocycles. The predicted molar refractivity (Wildman–Crippen MR) is 72.8 cm³/mol. The Morgan fingerprint density at radius 2 is 1.89 bits per heavy atom. The zero-order valence-corrected chi connectivity index (χ0v) is 11.5. The Labute approximate surface area is 117 Å². The van der Waals surface area contributed by atoms with E-state index in [1.807, 2.05) is 0 Å². The van der Waals surface area contributed by atoms with Crippen molar-refractivity contribution < 1.29 is 8.78 Å². The fraction of sp³-hybridized carbons (Fsp3) is 0.0769. The van der Waals surface area contributed by atoms with Crippen LogP contribution in [0.2, 0.25) is 5.02 Å². The van der Waals surface area contributed by atoms with Crippen LogP contribution in [0.15, 0.2) is 40.9 Å². The minimum absolute atomic E-state index is 0.274. The maximum absolute atomic E-state index is 13.5. The van der Waals surface area contributed by atoms with Crippen LogP contribution in [0.3, 0.4) is 0 Å². The number of anilines is 1. The summed E-state index contributed by atoms with van der Waals surface area (Å²) in [6, 6.07) is 8.63. The molecule has 1 N–H and O–H groups in total. The van der Waals surface area contributed by atoms with Gasteiger partial charge in [-0.2, -0.15) is 0 Å². The van der Waals surface area contributed by atoms with Gasteiger partial charge in [-0.1, -0.05) is 11.6 Å². The summed E-state index contributed by atoms with van der Waals surface area (Å²) in [4.78, 5) is 0. The zero-order chi connectivity index (χ0) is 13.1. The number of halogens is 4. The van der Waals surface area contributed by atoms with Crippen molar-refractivity contribution in [3.63, 3.8) is 0 Å². The number of hydrogen-bond acceptors (Lipinski definition) is 1. The molecule has 94 valence electrons. The maximum Gasteiger partial charge on any atom is 0.128 e. The van der Waals surface area contributed by atoms with E-state index in [1.165, 1.54) is 24.3 Å². The van der Waals surface area contributed by atoms with Crippen molar-refractivity contribution >= 4 is 33.2 Å². The van der Waals surface area contributed by atoms with E-state index in [-0.39, 0.29) is 18.2 Å². The summed E-state index contributed by atoms with van der Waals surface area (Å²) in [5.41, 5.74) is 1.15. The van der Waals surface area contributed by atoms with Gasteiger partial charge in [-0.25, -0.2) is 8.78 Å². The van der Waals surface area contributed by atoms with Gasteiger partial charge in [0.05, 0.1) is 0 Å². The molecule has 0 aliphatic heterocycles. The topological polar surface area (TPSA) is 12.0 Å². The average Bonchev–Trinajstić information content (AvgIpc) is 2.32. The Morgan fingerprint density at radius 1 is 1.11 bits per heavy atom. The molecule has 0 amide bonds. The highest BCUT2D eigenvalue weighted by molar-refractivity contribution is 9.10. The first-order valence-electron chi connectivity index (χ1n) is 5.19. The fourth-order valence-electron chi connectivity index (χ4n) is 1.50. The molecule has 0 aliphatic carbocycles. The molecular weight excluding hydrogens is 324 g/mol. The van der Waals surface area contributed by atoms with Gasteiger partial charge in [-0.15, -0.1) is 0 Å². The molecule has 2 aromatic rings. The minimum Gasteiger partial charge on any atom is -0.380 e. The van der Waals surface area contributed by atoms with Crippen LogP contribution < -0.4 is 5.32 Å². The van der Waals surface area contributed by atoms with Crippen LogP contribution in [0.25, 0.3) is 0 Å². The number of benzene rings is 2. The van der Waals surface area contributed by atoms with Crippen molar-refractivity contribution in [2.24, 2.45) is 0 Å². The van der Waals surface area contributed by atoms with Crippen LogP contribution in [0.1, 0.15) is 5.56 Å². The third-order valence-corrected chi connectivity index (χ3v) is 3.30. The predicted octanol–water partition coefficient (Wildman–Crippen LogP) is 4.99. The number of nitrogens with one attached hydrogen (secondary N) is 1. The molecule has 0 saturated heterocycles. The summed E-state index contributed by atoms with van der Waals surface area (Å²) < 4.78 is 26.9. The van der Waals surface area contributed by atoms with E-state index in [2.05, 4.69) is 21.2 Å². The van der Waals surface area contributed by atoms with Gasteiger partial charge in [0.25, 0.3) is 0 Å². The Balaban J connectivity index is 2.13. The first kappa shape index (κ1) is 13.3. The first-order valence-corrected chi connectivity index (χ1v) is 6.36. The quantitative estimate of drug-likeness (QED) is 0.834. The Hall–Kier alpha value is -1.13. The molecule has 0 spiro atoms. The molecule has 18 heavy (non-hydrogen) atoms. The molecule has 1 nitrogen and oxygen atoms in total. The molecule has 0 aromatic heterocycles. The lowest BCUT2D eigenvalue weighted by molar-refractivity contribution is 0.612. The highest BCUT2D eigenvalue weighted by Crippen LogP contribution is 2.24. The van der Waals surface area contributed by atoms with Crippen LogP contribution in [0, 0.1) is 11.6 Å². The van der Waals surface area contributed by atoms with Gasteiger partial charge in [0.1, 0.15) is 11.6 Å². The Morgan fingerprint density at radius 3 is 2.61 bits per heavy atom. The largest absolute Gasteiger partial charge is 0.380 e. The van der Waals surface area contributed by atoms with Gasteiger partial charge in [-0.05, 0) is 52.3 Å². The Bertz CT molecular complexity index is 575. The molecule has 2 aromatic carbocycles. The Kier molecular flexibility index (Phi) is 4.19. The summed E-state index contributed by atoms with van der Waals surface area (Å²) in [5.74, 6) is -0.661. The molecule has 0 radical (unpaired) electrons. The molecule has 0 unspecified atom stereocenters. The van der Waals surface area contributed by atoms with Crippen LogP contribution >= 0.6 is 27.5 Å². The van der Waals surface area contributed by atoms with Crippen LogP contribution in [-0.4, -0.2) is 0 Å². The molecule has 0 saturated carbocycles. The second-order valence-electron chi connectivity index (χ2n) is 3.71. The van der Waals surface area contributed by atoms with Gasteiger partial charge in [0, 0.05) is 27.3 Å². The van der Waals surface area contributed by atoms with Crippen molar-refractivity contribution in [1.82, 2.24) is 0 Å². The highest BCUT2D eigenvalue weighted by atomic mass is 79.9. The molecule has 5 heteroatoms. The van der Waals surface area contributed by atoms with Gasteiger partial charge in [-0.3, -0.25) is 0 Å². The molecule has 0 bridgehead atoms. The molecule has 0 aliphatic rings. The smallest absolute Gasteiger partial charge is 0.128 e. The second kappa shape index (κ2) is 5.67. The standard InChI is InChI=1S/C13H9BrClF2N/c14-11-6-10(16)2-4-13(11)18-7-8-5-9(15)1-3-12(8)17/h1-6,18H,7H2. The summed E-state index contributed by atoms with van der Waals surface area (Å²) in [5, 5.41) is 3.49. The van der Waals surface area contributed by atoms with Crippen molar-refractivity contribution in [3.05, 3.63) is 63.1 Å². The van der Waals surface area contributed by atoms with Gasteiger partial charge < -0.3 is 5.32 Å². The lowest BCUT2D eigenvalue weighted by Gasteiger charge is -2.09. The minimum atomic E-state index is -0.332. The normalized spacial score (nSPS) is 10.4. The maximum atomic E-state index is 13.5. The van der Waals surface area contributed by atoms with E-state index in [9.17, 15) is 8.78 Å². The van der Waals surface area contributed by atoms with Crippen LogP contribution in [0.5, 0.6) is 0 Å². The number of hydrogen-bond donors (Lipinski definition) is 1. The van der Waals surface area contributed by atoms with E-state index < -0.39 is 0 Å². The van der Waals surface area contributed by atoms with E-state index in [0.717, 1.165) is 0 Å². The van der Waals surface area contributed by atoms with Crippen molar-refractivity contribution in [2.75, 3.05) is 5.32 Å². The van der Waals surface area contributed by atoms with Gasteiger partial charge in [0.15, 0.2) is 0 Å². The lowest BCUT2D eigenvalue weighted by atomic mass is 10.2. The molecule has 0 atom stereocenters.